The van der Waals surface area contributed by atoms with E-state index in [1.807, 2.05) is 25.7 Å². The molecule has 0 saturated carbocycles. The molecule has 6 nitrogen and oxygen atoms in total. The quantitative estimate of drug-likeness (QED) is 0.848. The van der Waals surface area contributed by atoms with E-state index in [-0.39, 0.29) is 28.4 Å². The molecule has 0 bridgehead atoms. The average Bonchev–Trinajstić information content (AvgIpc) is 2.79. The maximum Gasteiger partial charge on any atom is 0.274 e. The molecule has 1 aromatic heterocycles. The van der Waals surface area contributed by atoms with Crippen molar-refractivity contribution in [3.63, 3.8) is 0 Å². The summed E-state index contributed by atoms with van der Waals surface area (Å²) >= 11 is 6.12. The summed E-state index contributed by atoms with van der Waals surface area (Å²) < 4.78 is 0. The van der Waals surface area contributed by atoms with Gasteiger partial charge in [-0.25, -0.2) is 9.97 Å². The molecule has 0 radical (unpaired) electrons. The summed E-state index contributed by atoms with van der Waals surface area (Å²) in [5.41, 5.74) is 0.251. The highest BCUT2D eigenvalue weighted by atomic mass is 35.5. The van der Waals surface area contributed by atoms with Gasteiger partial charge in [0, 0.05) is 38.5 Å². The molecule has 0 aromatic carbocycles. The molecule has 2 rings (SSSR count). The van der Waals surface area contributed by atoms with Crippen molar-refractivity contribution in [2.24, 2.45) is 0 Å². The van der Waals surface area contributed by atoms with Crippen molar-refractivity contribution in [2.75, 3.05) is 26.2 Å². The maximum absolute atomic E-state index is 12.7. The second-order valence-electron chi connectivity index (χ2n) is 5.96. The monoisotopic (exact) mass is 338 g/mol. The summed E-state index contributed by atoms with van der Waals surface area (Å²) in [5, 5.41) is 0.269. The van der Waals surface area contributed by atoms with Crippen LogP contribution in [0.2, 0.25) is 5.02 Å². The second-order valence-corrected chi connectivity index (χ2v) is 6.37. The normalized spacial score (nSPS) is 15.7. The fourth-order valence-corrected chi connectivity index (χ4v) is 2.72. The molecule has 126 valence electrons. The van der Waals surface area contributed by atoms with Crippen LogP contribution in [0.5, 0.6) is 0 Å². The van der Waals surface area contributed by atoms with Crippen LogP contribution in [-0.4, -0.2) is 57.8 Å². The summed E-state index contributed by atoms with van der Waals surface area (Å²) in [5.74, 6) is 0.669. The number of carbonyl (C=O) groups is 2. The van der Waals surface area contributed by atoms with Crippen LogP contribution in [-0.2, 0) is 4.79 Å². The van der Waals surface area contributed by atoms with E-state index in [0.717, 1.165) is 6.42 Å². The van der Waals surface area contributed by atoms with Crippen LogP contribution >= 0.6 is 11.6 Å². The molecular formula is C16H23ClN4O2. The van der Waals surface area contributed by atoms with Crippen LogP contribution in [0.25, 0.3) is 0 Å². The van der Waals surface area contributed by atoms with E-state index < -0.39 is 0 Å². The summed E-state index contributed by atoms with van der Waals surface area (Å²) in [6, 6.07) is 0. The molecule has 0 aliphatic carbocycles. The first-order valence-electron chi connectivity index (χ1n) is 8.03. The average molecular weight is 339 g/mol. The molecule has 7 heteroatoms. The number of carbonyl (C=O) groups excluding carboxylic acids is 2. The third kappa shape index (κ3) is 4.19. The molecular weight excluding hydrogens is 316 g/mol. The Kier molecular flexibility index (Phi) is 5.93. The Hall–Kier alpha value is -1.69. The number of amides is 2. The van der Waals surface area contributed by atoms with E-state index in [9.17, 15) is 9.59 Å². The van der Waals surface area contributed by atoms with Crippen LogP contribution in [0, 0.1) is 0 Å². The van der Waals surface area contributed by atoms with Crippen molar-refractivity contribution in [2.45, 2.75) is 39.5 Å². The van der Waals surface area contributed by atoms with E-state index in [0.29, 0.717) is 38.4 Å². The lowest BCUT2D eigenvalue weighted by atomic mass is 10.2. The predicted octanol–water partition coefficient (Wildman–Crippen LogP) is 2.34. The fraction of sp³-hybridized carbons (Fsp3) is 0.625. The Bertz CT molecular complexity index is 591. The van der Waals surface area contributed by atoms with Gasteiger partial charge in [0.15, 0.2) is 5.69 Å². The number of hydrogen-bond donors (Lipinski definition) is 0. The topological polar surface area (TPSA) is 66.4 Å². The lowest BCUT2D eigenvalue weighted by Crippen LogP contribution is -2.37. The van der Waals surface area contributed by atoms with Gasteiger partial charge in [0.25, 0.3) is 5.91 Å². The van der Waals surface area contributed by atoms with E-state index in [2.05, 4.69) is 9.97 Å². The molecule has 0 unspecified atom stereocenters. The Morgan fingerprint density at radius 2 is 1.87 bits per heavy atom. The minimum atomic E-state index is -0.190. The maximum atomic E-state index is 12.7. The van der Waals surface area contributed by atoms with Crippen molar-refractivity contribution < 1.29 is 9.59 Å². The zero-order valence-electron chi connectivity index (χ0n) is 13.9. The molecule has 23 heavy (non-hydrogen) atoms. The van der Waals surface area contributed by atoms with Gasteiger partial charge in [-0.05, 0) is 6.42 Å². The number of nitrogens with zero attached hydrogens (tertiary/aromatic N) is 4. The van der Waals surface area contributed by atoms with Gasteiger partial charge in [-0.1, -0.05) is 32.4 Å². The Labute approximate surface area is 141 Å². The van der Waals surface area contributed by atoms with Gasteiger partial charge in [0.1, 0.15) is 5.82 Å². The van der Waals surface area contributed by atoms with Crippen LogP contribution in [0.3, 0.4) is 0 Å². The van der Waals surface area contributed by atoms with Crippen LogP contribution in [0.4, 0.5) is 0 Å². The van der Waals surface area contributed by atoms with Crippen molar-refractivity contribution in [3.8, 4) is 0 Å². The summed E-state index contributed by atoms with van der Waals surface area (Å²) in [4.78, 5) is 36.6. The zero-order valence-corrected chi connectivity index (χ0v) is 14.6. The largest absolute Gasteiger partial charge is 0.341 e. The molecule has 1 fully saturated rings. The molecule has 0 spiro atoms. The Morgan fingerprint density at radius 1 is 1.22 bits per heavy atom. The third-order valence-corrected chi connectivity index (χ3v) is 4.20. The van der Waals surface area contributed by atoms with Crippen molar-refractivity contribution in [3.05, 3.63) is 22.7 Å². The number of hydrogen-bond acceptors (Lipinski definition) is 4. The summed E-state index contributed by atoms with van der Waals surface area (Å²) in [6.07, 6.45) is 2.74. The minimum absolute atomic E-state index is 0.126. The fourth-order valence-electron chi connectivity index (χ4n) is 2.55. The van der Waals surface area contributed by atoms with Crippen LogP contribution in [0.1, 0.15) is 55.8 Å². The first kappa shape index (κ1) is 17.7. The van der Waals surface area contributed by atoms with E-state index in [4.69, 9.17) is 11.6 Å². The highest BCUT2D eigenvalue weighted by molar-refractivity contribution is 6.33. The lowest BCUT2D eigenvalue weighted by Gasteiger charge is -2.22. The van der Waals surface area contributed by atoms with Gasteiger partial charge in [-0.15, -0.1) is 0 Å². The molecule has 2 heterocycles. The molecule has 1 aromatic rings. The van der Waals surface area contributed by atoms with Gasteiger partial charge in [0.2, 0.25) is 5.91 Å². The molecule has 0 atom stereocenters. The molecule has 1 aliphatic heterocycles. The van der Waals surface area contributed by atoms with E-state index in [1.165, 1.54) is 6.20 Å². The van der Waals surface area contributed by atoms with Gasteiger partial charge < -0.3 is 9.80 Å². The summed E-state index contributed by atoms with van der Waals surface area (Å²) in [6.45, 7) is 8.13. The smallest absolute Gasteiger partial charge is 0.274 e. The first-order valence-corrected chi connectivity index (χ1v) is 8.41. The third-order valence-electron chi connectivity index (χ3n) is 3.92. The molecule has 0 N–H and O–H groups in total. The Morgan fingerprint density at radius 3 is 2.52 bits per heavy atom. The van der Waals surface area contributed by atoms with Crippen molar-refractivity contribution >= 4 is 23.4 Å². The van der Waals surface area contributed by atoms with E-state index >= 15 is 0 Å². The summed E-state index contributed by atoms with van der Waals surface area (Å²) in [7, 11) is 0. The Balaban J connectivity index is 2.14. The SMILES string of the molecule is CCC(=O)N1CCCN(C(=O)c2nc(C(C)C)ncc2Cl)CC1. The van der Waals surface area contributed by atoms with Gasteiger partial charge in [-0.2, -0.15) is 0 Å². The minimum Gasteiger partial charge on any atom is -0.341 e. The second kappa shape index (κ2) is 7.73. The first-order chi connectivity index (χ1) is 10.9. The van der Waals surface area contributed by atoms with Gasteiger partial charge >= 0.3 is 0 Å². The molecule has 2 amide bonds. The number of halogens is 1. The molecule has 1 saturated heterocycles. The standard InChI is InChI=1S/C16H23ClN4O2/c1-4-13(22)20-6-5-7-21(9-8-20)16(23)14-12(17)10-18-15(19-14)11(2)3/h10-11H,4-9H2,1-3H3. The lowest BCUT2D eigenvalue weighted by molar-refractivity contribution is -0.130. The van der Waals surface area contributed by atoms with Gasteiger partial charge in [-0.3, -0.25) is 9.59 Å². The van der Waals surface area contributed by atoms with Crippen molar-refractivity contribution in [1.82, 2.24) is 19.8 Å². The zero-order chi connectivity index (χ0) is 17.0. The number of aromatic nitrogens is 2. The number of rotatable bonds is 3. The predicted molar refractivity (Wildman–Crippen MR) is 88.5 cm³/mol. The molecule has 1 aliphatic rings. The highest BCUT2D eigenvalue weighted by Crippen LogP contribution is 2.19. The van der Waals surface area contributed by atoms with Crippen LogP contribution < -0.4 is 0 Å². The van der Waals surface area contributed by atoms with Crippen molar-refractivity contribution in [1.29, 1.82) is 0 Å². The highest BCUT2D eigenvalue weighted by Gasteiger charge is 2.25. The van der Waals surface area contributed by atoms with E-state index in [1.54, 1.807) is 4.90 Å². The van der Waals surface area contributed by atoms with Gasteiger partial charge in [0.05, 0.1) is 11.2 Å². The van der Waals surface area contributed by atoms with Crippen LogP contribution in [0.15, 0.2) is 6.20 Å².